The van der Waals surface area contributed by atoms with Crippen molar-refractivity contribution in [2.24, 2.45) is 0 Å². The second kappa shape index (κ2) is 7.04. The lowest BCUT2D eigenvalue weighted by Crippen LogP contribution is -2.28. The zero-order valence-corrected chi connectivity index (χ0v) is 13.8. The van der Waals surface area contributed by atoms with Gasteiger partial charge in [0, 0.05) is 23.9 Å². The summed E-state index contributed by atoms with van der Waals surface area (Å²) in [5, 5.41) is 22.8. The van der Waals surface area contributed by atoms with E-state index < -0.39 is 6.03 Å². The van der Waals surface area contributed by atoms with Gasteiger partial charge in [0.1, 0.15) is 5.75 Å². The Bertz CT molecular complexity index is 870. The third-order valence-corrected chi connectivity index (χ3v) is 3.35. The van der Waals surface area contributed by atoms with Gasteiger partial charge in [-0.1, -0.05) is 17.3 Å². The van der Waals surface area contributed by atoms with E-state index in [-0.39, 0.29) is 24.2 Å². The van der Waals surface area contributed by atoms with Crippen LogP contribution in [0.1, 0.15) is 25.8 Å². The zero-order chi connectivity index (χ0) is 17.8. The molecule has 9 heteroatoms. The molecule has 0 radical (unpaired) electrons. The van der Waals surface area contributed by atoms with Crippen molar-refractivity contribution in [2.75, 3.05) is 5.32 Å². The van der Waals surface area contributed by atoms with Crippen LogP contribution < -0.4 is 10.6 Å². The highest BCUT2D eigenvalue weighted by molar-refractivity contribution is 5.87. The standard InChI is InChI=1S/C16H18N6O3/c1-10(2)22-7-6-13(20-22)18-16(24)17-9-14-19-15(21-25-14)11-4-3-5-12(23)8-11/h3-8,10,23H,9H2,1-2H3,(H2,17,18,20,24). The van der Waals surface area contributed by atoms with Crippen LogP contribution in [0.15, 0.2) is 41.1 Å². The molecule has 0 saturated heterocycles. The molecule has 0 atom stereocenters. The summed E-state index contributed by atoms with van der Waals surface area (Å²) in [4.78, 5) is 16.1. The fraction of sp³-hybridized carbons (Fsp3) is 0.250. The van der Waals surface area contributed by atoms with E-state index in [1.54, 1.807) is 35.1 Å². The van der Waals surface area contributed by atoms with E-state index in [9.17, 15) is 9.90 Å². The van der Waals surface area contributed by atoms with Crippen molar-refractivity contribution in [3.63, 3.8) is 0 Å². The number of anilines is 1. The van der Waals surface area contributed by atoms with Gasteiger partial charge in [-0.25, -0.2) is 4.79 Å². The van der Waals surface area contributed by atoms with Gasteiger partial charge < -0.3 is 14.9 Å². The molecular formula is C16H18N6O3. The largest absolute Gasteiger partial charge is 0.508 e. The van der Waals surface area contributed by atoms with Gasteiger partial charge in [0.15, 0.2) is 5.82 Å². The molecule has 2 heterocycles. The van der Waals surface area contributed by atoms with E-state index in [2.05, 4.69) is 25.9 Å². The lowest BCUT2D eigenvalue weighted by molar-refractivity contribution is 0.249. The number of aromatic hydroxyl groups is 1. The number of aromatic nitrogens is 4. The number of carbonyl (C=O) groups is 1. The molecule has 25 heavy (non-hydrogen) atoms. The Morgan fingerprint density at radius 1 is 1.36 bits per heavy atom. The third kappa shape index (κ3) is 4.14. The predicted molar refractivity (Wildman–Crippen MR) is 89.9 cm³/mol. The number of nitrogens with one attached hydrogen (secondary N) is 2. The van der Waals surface area contributed by atoms with Crippen LogP contribution in [0.5, 0.6) is 5.75 Å². The van der Waals surface area contributed by atoms with Crippen LogP contribution in [0.25, 0.3) is 11.4 Å². The Hall–Kier alpha value is -3.36. The first kappa shape index (κ1) is 16.5. The summed E-state index contributed by atoms with van der Waals surface area (Å²) < 4.78 is 6.84. The minimum atomic E-state index is -0.425. The summed E-state index contributed by atoms with van der Waals surface area (Å²) in [5.41, 5.74) is 0.624. The number of urea groups is 1. The molecule has 0 fully saturated rings. The topological polar surface area (TPSA) is 118 Å². The number of carbonyl (C=O) groups excluding carboxylic acids is 1. The lowest BCUT2D eigenvalue weighted by atomic mass is 10.2. The number of nitrogens with zero attached hydrogens (tertiary/aromatic N) is 4. The minimum absolute atomic E-state index is 0.0720. The predicted octanol–water partition coefficient (Wildman–Crippen LogP) is 2.54. The molecular weight excluding hydrogens is 324 g/mol. The molecule has 3 N–H and O–H groups in total. The average molecular weight is 342 g/mol. The summed E-state index contributed by atoms with van der Waals surface area (Å²) in [6.07, 6.45) is 1.79. The number of rotatable bonds is 5. The molecule has 0 unspecified atom stereocenters. The quantitative estimate of drug-likeness (QED) is 0.656. The third-order valence-electron chi connectivity index (χ3n) is 3.35. The Balaban J connectivity index is 1.55. The lowest BCUT2D eigenvalue weighted by Gasteiger charge is -2.05. The number of hydrogen-bond donors (Lipinski definition) is 3. The highest BCUT2D eigenvalue weighted by atomic mass is 16.5. The van der Waals surface area contributed by atoms with Crippen LogP contribution in [0.4, 0.5) is 10.6 Å². The van der Waals surface area contributed by atoms with Crippen LogP contribution in [0.2, 0.25) is 0 Å². The van der Waals surface area contributed by atoms with Crippen molar-refractivity contribution >= 4 is 11.8 Å². The molecule has 0 spiro atoms. The van der Waals surface area contributed by atoms with Crippen LogP contribution in [-0.4, -0.2) is 31.1 Å². The SMILES string of the molecule is CC(C)n1ccc(NC(=O)NCc2nc(-c3cccc(O)c3)no2)n1. The fourth-order valence-corrected chi connectivity index (χ4v) is 2.10. The van der Waals surface area contributed by atoms with Crippen LogP contribution in [0, 0.1) is 0 Å². The summed E-state index contributed by atoms with van der Waals surface area (Å²) in [5.74, 6) is 1.16. The Labute approximate surface area is 143 Å². The summed E-state index contributed by atoms with van der Waals surface area (Å²) in [6.45, 7) is 4.07. The van der Waals surface area contributed by atoms with Crippen LogP contribution in [-0.2, 0) is 6.54 Å². The van der Waals surface area contributed by atoms with Crippen molar-refractivity contribution < 1.29 is 14.4 Å². The molecule has 0 bridgehead atoms. The highest BCUT2D eigenvalue weighted by Gasteiger charge is 2.11. The molecule has 1 aromatic carbocycles. The van der Waals surface area contributed by atoms with Crippen molar-refractivity contribution in [2.45, 2.75) is 26.4 Å². The summed E-state index contributed by atoms with van der Waals surface area (Å²) in [6, 6.07) is 8.02. The monoisotopic (exact) mass is 342 g/mol. The first-order valence-corrected chi connectivity index (χ1v) is 7.73. The van der Waals surface area contributed by atoms with Gasteiger partial charge in [-0.3, -0.25) is 10.00 Å². The molecule has 0 aliphatic rings. The Morgan fingerprint density at radius 3 is 2.92 bits per heavy atom. The molecule has 0 aliphatic carbocycles. The van der Waals surface area contributed by atoms with Crippen molar-refractivity contribution in [1.82, 2.24) is 25.2 Å². The smallest absolute Gasteiger partial charge is 0.320 e. The molecule has 0 saturated carbocycles. The van der Waals surface area contributed by atoms with Gasteiger partial charge in [-0.05, 0) is 26.0 Å². The maximum Gasteiger partial charge on any atom is 0.320 e. The average Bonchev–Trinajstić information content (AvgIpc) is 3.22. The van der Waals surface area contributed by atoms with Crippen molar-refractivity contribution in [1.29, 1.82) is 0 Å². The van der Waals surface area contributed by atoms with E-state index in [1.165, 1.54) is 6.07 Å². The molecule has 3 rings (SSSR count). The van der Waals surface area contributed by atoms with Crippen molar-refractivity contribution in [3.05, 3.63) is 42.4 Å². The van der Waals surface area contributed by atoms with E-state index in [4.69, 9.17) is 4.52 Å². The summed E-state index contributed by atoms with van der Waals surface area (Å²) >= 11 is 0. The molecule has 9 nitrogen and oxygen atoms in total. The first-order chi connectivity index (χ1) is 12.0. The Morgan fingerprint density at radius 2 is 2.20 bits per heavy atom. The van der Waals surface area contributed by atoms with E-state index in [0.29, 0.717) is 17.2 Å². The summed E-state index contributed by atoms with van der Waals surface area (Å²) in [7, 11) is 0. The van der Waals surface area contributed by atoms with E-state index >= 15 is 0 Å². The van der Waals surface area contributed by atoms with E-state index in [0.717, 1.165) is 0 Å². The number of phenols is 1. The highest BCUT2D eigenvalue weighted by Crippen LogP contribution is 2.20. The van der Waals surface area contributed by atoms with Crippen LogP contribution >= 0.6 is 0 Å². The second-order valence-electron chi connectivity index (χ2n) is 5.64. The number of benzene rings is 1. The molecule has 3 aromatic rings. The second-order valence-corrected chi connectivity index (χ2v) is 5.64. The first-order valence-electron chi connectivity index (χ1n) is 7.73. The normalized spacial score (nSPS) is 10.8. The maximum absolute atomic E-state index is 11.9. The van der Waals surface area contributed by atoms with Gasteiger partial charge in [-0.2, -0.15) is 10.1 Å². The fourth-order valence-electron chi connectivity index (χ4n) is 2.10. The number of hydrogen-bond acceptors (Lipinski definition) is 6. The number of amides is 2. The van der Waals surface area contributed by atoms with Crippen LogP contribution in [0.3, 0.4) is 0 Å². The maximum atomic E-state index is 11.9. The number of phenolic OH excluding ortho intramolecular Hbond substituents is 1. The molecule has 2 aromatic heterocycles. The molecule has 2 amide bonds. The van der Waals surface area contributed by atoms with Gasteiger partial charge in [0.2, 0.25) is 11.7 Å². The Kier molecular flexibility index (Phi) is 4.64. The van der Waals surface area contributed by atoms with Gasteiger partial charge in [-0.15, -0.1) is 0 Å². The van der Waals surface area contributed by atoms with Gasteiger partial charge in [0.25, 0.3) is 0 Å². The molecule has 0 aliphatic heterocycles. The van der Waals surface area contributed by atoms with Gasteiger partial charge in [0.05, 0.1) is 6.54 Å². The van der Waals surface area contributed by atoms with Gasteiger partial charge >= 0.3 is 6.03 Å². The minimum Gasteiger partial charge on any atom is -0.508 e. The van der Waals surface area contributed by atoms with Crippen molar-refractivity contribution in [3.8, 4) is 17.1 Å². The zero-order valence-electron chi connectivity index (χ0n) is 13.8. The molecule has 130 valence electrons. The van der Waals surface area contributed by atoms with E-state index in [1.807, 2.05) is 13.8 Å².